The van der Waals surface area contributed by atoms with Gasteiger partial charge in [-0.15, -0.1) is 0 Å². The van der Waals surface area contributed by atoms with Gasteiger partial charge in [-0.3, -0.25) is 19.7 Å². The maximum atomic E-state index is 12.6. The SMILES string of the molecule is Cc1ccc(NC(=O)[C@@H]2[C@@H]3C[C@@H]4[C@@H]2C(=O)O[C@H]4C3)cc1[N+](=O)[O-]. The summed E-state index contributed by atoms with van der Waals surface area (Å²) in [5.41, 5.74) is 0.893. The minimum Gasteiger partial charge on any atom is -0.462 e. The Labute approximate surface area is 132 Å². The van der Waals surface area contributed by atoms with Crippen molar-refractivity contribution in [2.45, 2.75) is 25.9 Å². The number of rotatable bonds is 3. The Morgan fingerprint density at radius 3 is 2.91 bits per heavy atom. The first-order valence-electron chi connectivity index (χ1n) is 7.72. The third-order valence-electron chi connectivity index (χ3n) is 5.46. The maximum absolute atomic E-state index is 12.6. The standard InChI is InChI=1S/C16H16N2O5/c1-7-2-3-9(6-11(7)18(21)22)17-15(19)13-8-4-10-12(5-8)23-16(20)14(10)13/h2-3,6,8,10,12-14H,4-5H2,1H3,(H,17,19)/t8-,10+,12+,13-,14+/m1/s1. The summed E-state index contributed by atoms with van der Waals surface area (Å²) in [5.74, 6) is -0.906. The number of anilines is 1. The predicted octanol–water partition coefficient (Wildman–Crippen LogP) is 2.04. The number of hydrogen-bond acceptors (Lipinski definition) is 5. The largest absolute Gasteiger partial charge is 0.462 e. The van der Waals surface area contributed by atoms with Crippen molar-refractivity contribution >= 4 is 23.3 Å². The normalized spacial score (nSPS) is 33.6. The van der Waals surface area contributed by atoms with E-state index in [1.165, 1.54) is 6.07 Å². The third kappa shape index (κ3) is 2.03. The highest BCUT2D eigenvalue weighted by Gasteiger charge is 2.63. The minimum atomic E-state index is -0.471. The summed E-state index contributed by atoms with van der Waals surface area (Å²) in [7, 11) is 0. The number of fused-ring (bicyclic) bond motifs is 1. The second-order valence-corrected chi connectivity index (χ2v) is 6.67. The van der Waals surface area contributed by atoms with Gasteiger partial charge in [0, 0.05) is 23.2 Å². The molecule has 0 unspecified atom stereocenters. The number of hydrogen-bond donors (Lipinski definition) is 1. The molecule has 1 aromatic carbocycles. The monoisotopic (exact) mass is 316 g/mol. The van der Waals surface area contributed by atoms with Crippen molar-refractivity contribution in [2.75, 3.05) is 5.32 Å². The number of ether oxygens (including phenoxy) is 1. The summed E-state index contributed by atoms with van der Waals surface area (Å²) in [5, 5.41) is 13.7. The van der Waals surface area contributed by atoms with Gasteiger partial charge in [0.2, 0.25) is 5.91 Å². The lowest BCUT2D eigenvalue weighted by atomic mass is 9.79. The highest BCUT2D eigenvalue weighted by molar-refractivity contribution is 5.97. The lowest BCUT2D eigenvalue weighted by Crippen LogP contribution is -2.35. The van der Waals surface area contributed by atoms with Crippen molar-refractivity contribution < 1.29 is 19.2 Å². The van der Waals surface area contributed by atoms with Gasteiger partial charge in [0.05, 0.1) is 16.8 Å². The van der Waals surface area contributed by atoms with Crippen molar-refractivity contribution in [1.29, 1.82) is 0 Å². The number of carbonyl (C=O) groups excluding carboxylic acids is 2. The van der Waals surface area contributed by atoms with Gasteiger partial charge in [0.15, 0.2) is 0 Å². The fourth-order valence-corrected chi connectivity index (χ4v) is 4.47. The van der Waals surface area contributed by atoms with Gasteiger partial charge in [0.1, 0.15) is 6.10 Å². The first kappa shape index (κ1) is 14.2. The molecule has 0 spiro atoms. The molecule has 23 heavy (non-hydrogen) atoms. The molecule has 2 aliphatic carbocycles. The van der Waals surface area contributed by atoms with Crippen LogP contribution in [0.4, 0.5) is 11.4 Å². The van der Waals surface area contributed by atoms with E-state index in [1.807, 2.05) is 0 Å². The molecule has 0 aromatic heterocycles. The average Bonchev–Trinajstić information content (AvgIpc) is 3.10. The maximum Gasteiger partial charge on any atom is 0.310 e. The zero-order valence-corrected chi connectivity index (χ0v) is 12.5. The molecule has 5 atom stereocenters. The van der Waals surface area contributed by atoms with Crippen LogP contribution in [0.5, 0.6) is 0 Å². The van der Waals surface area contributed by atoms with E-state index < -0.39 is 4.92 Å². The topological polar surface area (TPSA) is 98.5 Å². The van der Waals surface area contributed by atoms with Gasteiger partial charge in [-0.25, -0.2) is 0 Å². The summed E-state index contributed by atoms with van der Waals surface area (Å²) in [6.45, 7) is 1.65. The van der Waals surface area contributed by atoms with Crippen molar-refractivity contribution in [3.05, 3.63) is 33.9 Å². The van der Waals surface area contributed by atoms with Crippen molar-refractivity contribution in [3.8, 4) is 0 Å². The molecule has 1 aliphatic heterocycles. The Morgan fingerprint density at radius 1 is 1.39 bits per heavy atom. The van der Waals surface area contributed by atoms with Gasteiger partial charge >= 0.3 is 5.97 Å². The number of aryl methyl sites for hydroxylation is 1. The fraction of sp³-hybridized carbons (Fsp3) is 0.500. The molecule has 2 saturated carbocycles. The van der Waals surface area contributed by atoms with E-state index in [9.17, 15) is 19.7 Å². The van der Waals surface area contributed by atoms with Gasteiger partial charge < -0.3 is 10.1 Å². The first-order chi connectivity index (χ1) is 11.0. The molecule has 1 amide bonds. The highest BCUT2D eigenvalue weighted by atomic mass is 16.6. The van der Waals surface area contributed by atoms with E-state index in [2.05, 4.69) is 5.32 Å². The third-order valence-corrected chi connectivity index (χ3v) is 5.46. The first-order valence-corrected chi connectivity index (χ1v) is 7.72. The summed E-state index contributed by atoms with van der Waals surface area (Å²) in [4.78, 5) is 35.1. The molecule has 120 valence electrons. The van der Waals surface area contributed by atoms with Gasteiger partial charge in [-0.1, -0.05) is 6.07 Å². The zero-order chi connectivity index (χ0) is 16.3. The molecule has 1 N–H and O–H groups in total. The van der Waals surface area contributed by atoms with Gasteiger partial charge in [0.25, 0.3) is 5.69 Å². The van der Waals surface area contributed by atoms with Crippen LogP contribution >= 0.6 is 0 Å². The Hall–Kier alpha value is -2.44. The Bertz CT molecular complexity index is 729. The van der Waals surface area contributed by atoms with E-state index in [-0.39, 0.29) is 47.3 Å². The molecular weight excluding hydrogens is 300 g/mol. The van der Waals surface area contributed by atoms with E-state index in [0.717, 1.165) is 12.8 Å². The smallest absolute Gasteiger partial charge is 0.310 e. The van der Waals surface area contributed by atoms with Gasteiger partial charge in [-0.2, -0.15) is 0 Å². The number of esters is 1. The Balaban J connectivity index is 1.56. The van der Waals surface area contributed by atoms with Crippen LogP contribution in [0, 0.1) is 40.7 Å². The quantitative estimate of drug-likeness (QED) is 0.522. The van der Waals surface area contributed by atoms with Crippen LogP contribution in [0.2, 0.25) is 0 Å². The number of benzene rings is 1. The summed E-state index contributed by atoms with van der Waals surface area (Å²) in [6, 6.07) is 4.60. The molecule has 4 rings (SSSR count). The summed E-state index contributed by atoms with van der Waals surface area (Å²) < 4.78 is 5.33. The average molecular weight is 316 g/mol. The summed E-state index contributed by atoms with van der Waals surface area (Å²) >= 11 is 0. The number of nitrogens with zero attached hydrogens (tertiary/aromatic N) is 1. The van der Waals surface area contributed by atoms with E-state index >= 15 is 0 Å². The fourth-order valence-electron chi connectivity index (χ4n) is 4.47. The zero-order valence-electron chi connectivity index (χ0n) is 12.5. The molecular formula is C16H16N2O5. The molecule has 3 fully saturated rings. The van der Waals surface area contributed by atoms with E-state index in [4.69, 9.17) is 4.74 Å². The van der Waals surface area contributed by atoms with Crippen LogP contribution in [0.15, 0.2) is 18.2 Å². The number of nitro groups is 1. The summed E-state index contributed by atoms with van der Waals surface area (Å²) in [6.07, 6.45) is 1.59. The number of nitrogens with one attached hydrogen (secondary N) is 1. The van der Waals surface area contributed by atoms with Crippen molar-refractivity contribution in [1.82, 2.24) is 0 Å². The molecule has 3 aliphatic rings. The van der Waals surface area contributed by atoms with Crippen LogP contribution in [0.3, 0.4) is 0 Å². The number of amides is 1. The molecule has 1 aromatic rings. The molecule has 1 saturated heterocycles. The van der Waals surface area contributed by atoms with Gasteiger partial charge in [-0.05, 0) is 31.7 Å². The number of nitro benzene ring substituents is 1. The van der Waals surface area contributed by atoms with Crippen LogP contribution in [-0.4, -0.2) is 22.9 Å². The Morgan fingerprint density at radius 2 is 2.17 bits per heavy atom. The van der Waals surface area contributed by atoms with Crippen LogP contribution in [0.25, 0.3) is 0 Å². The molecule has 2 bridgehead atoms. The molecule has 1 heterocycles. The lowest BCUT2D eigenvalue weighted by molar-refractivity contribution is -0.385. The molecule has 7 heteroatoms. The lowest BCUT2D eigenvalue weighted by Gasteiger charge is -2.23. The molecule has 0 radical (unpaired) electrons. The number of carbonyl (C=O) groups is 2. The Kier molecular flexibility index (Phi) is 2.94. The van der Waals surface area contributed by atoms with Crippen molar-refractivity contribution in [2.24, 2.45) is 23.7 Å². The molecule has 7 nitrogen and oxygen atoms in total. The van der Waals surface area contributed by atoms with Crippen LogP contribution < -0.4 is 5.32 Å². The second-order valence-electron chi connectivity index (χ2n) is 6.67. The van der Waals surface area contributed by atoms with E-state index in [1.54, 1.807) is 19.1 Å². The second kappa shape index (κ2) is 4.78. The highest BCUT2D eigenvalue weighted by Crippen LogP contribution is 2.57. The predicted molar refractivity (Wildman–Crippen MR) is 79.5 cm³/mol. The minimum absolute atomic E-state index is 0.0120. The van der Waals surface area contributed by atoms with Crippen LogP contribution in [0.1, 0.15) is 18.4 Å². The van der Waals surface area contributed by atoms with E-state index in [0.29, 0.717) is 11.3 Å². The van der Waals surface area contributed by atoms with Crippen LogP contribution in [-0.2, 0) is 14.3 Å². The van der Waals surface area contributed by atoms with Crippen molar-refractivity contribution in [3.63, 3.8) is 0 Å².